The summed E-state index contributed by atoms with van der Waals surface area (Å²) < 4.78 is 6.39. The van der Waals surface area contributed by atoms with Crippen LogP contribution in [-0.2, 0) is 21.4 Å². The first-order chi connectivity index (χ1) is 11.5. The van der Waals surface area contributed by atoms with E-state index < -0.39 is 11.9 Å². The fraction of sp³-hybridized carbons (Fsp3) is 0.333. The second-order valence-corrected chi connectivity index (χ2v) is 5.80. The molecule has 24 heavy (non-hydrogen) atoms. The quantitative estimate of drug-likeness (QED) is 0.728. The lowest BCUT2D eigenvalue weighted by Gasteiger charge is -2.07. The van der Waals surface area contributed by atoms with E-state index in [1.807, 2.05) is 0 Å². The second kappa shape index (κ2) is 8.25. The molecule has 0 radical (unpaired) electrons. The molecule has 2 aromatic rings. The topological polar surface area (TPSA) is 102 Å². The van der Waals surface area contributed by atoms with Crippen molar-refractivity contribution in [3.63, 3.8) is 0 Å². The molecule has 0 saturated carbocycles. The molecule has 0 unspecified atom stereocenters. The number of carbonyl (C=O) groups is 3. The number of aryl methyl sites for hydroxylation is 2. The summed E-state index contributed by atoms with van der Waals surface area (Å²) in [5.74, 6) is -0.726. The number of hydrogen-bond donors (Lipinski definition) is 2. The Morgan fingerprint density at radius 2 is 2.17 bits per heavy atom. The van der Waals surface area contributed by atoms with E-state index in [1.165, 1.54) is 16.0 Å². The molecule has 2 N–H and O–H groups in total. The molecular weight excluding hydrogens is 332 g/mol. The third kappa shape index (κ3) is 5.20. The van der Waals surface area contributed by atoms with Crippen molar-refractivity contribution in [3.05, 3.63) is 34.2 Å². The van der Waals surface area contributed by atoms with Crippen molar-refractivity contribution >= 4 is 34.9 Å². The third-order valence-corrected chi connectivity index (χ3v) is 3.71. The van der Waals surface area contributed by atoms with Crippen LogP contribution in [0.5, 0.6) is 0 Å². The molecule has 0 saturated heterocycles. The number of aromatic nitrogens is 2. The van der Waals surface area contributed by atoms with Gasteiger partial charge in [0.1, 0.15) is 5.82 Å². The minimum Gasteiger partial charge on any atom is -0.456 e. The summed E-state index contributed by atoms with van der Waals surface area (Å²) in [7, 11) is 1.70. The first-order valence-corrected chi connectivity index (χ1v) is 8.16. The molecule has 9 heteroatoms. The lowest BCUT2D eigenvalue weighted by Crippen LogP contribution is -2.27. The summed E-state index contributed by atoms with van der Waals surface area (Å²) in [6, 6.07) is 3.41. The van der Waals surface area contributed by atoms with E-state index in [4.69, 9.17) is 4.74 Å². The number of hydrogen-bond acceptors (Lipinski definition) is 6. The Labute approximate surface area is 142 Å². The summed E-state index contributed by atoms with van der Waals surface area (Å²) >= 11 is 1.42. The molecule has 0 spiro atoms. The maximum Gasteiger partial charge on any atom is 0.308 e. The highest BCUT2D eigenvalue weighted by atomic mass is 32.1. The Hall–Kier alpha value is -2.68. The average molecular weight is 350 g/mol. The Bertz CT molecular complexity index is 724. The van der Waals surface area contributed by atoms with Crippen LogP contribution in [-0.4, -0.2) is 40.7 Å². The molecular formula is C15H18N4O4S. The van der Waals surface area contributed by atoms with Crippen LogP contribution in [0.1, 0.15) is 22.5 Å². The Morgan fingerprint density at radius 3 is 2.79 bits per heavy atom. The Morgan fingerprint density at radius 1 is 1.38 bits per heavy atom. The zero-order valence-corrected chi connectivity index (χ0v) is 14.2. The van der Waals surface area contributed by atoms with Crippen LogP contribution in [0.15, 0.2) is 22.9 Å². The fourth-order valence-corrected chi connectivity index (χ4v) is 2.53. The highest BCUT2D eigenvalue weighted by Crippen LogP contribution is 2.07. The van der Waals surface area contributed by atoms with Crippen molar-refractivity contribution < 1.29 is 19.1 Å². The molecule has 0 aromatic carbocycles. The maximum absolute atomic E-state index is 11.7. The van der Waals surface area contributed by atoms with Gasteiger partial charge in [0.05, 0.1) is 12.1 Å². The third-order valence-electron chi connectivity index (χ3n) is 3.03. The summed E-state index contributed by atoms with van der Waals surface area (Å²) in [4.78, 5) is 34.9. The zero-order chi connectivity index (χ0) is 17.5. The van der Waals surface area contributed by atoms with E-state index in [9.17, 15) is 14.4 Å². The van der Waals surface area contributed by atoms with Gasteiger partial charge in [-0.2, -0.15) is 16.4 Å². The number of esters is 1. The van der Waals surface area contributed by atoms with Crippen molar-refractivity contribution in [1.29, 1.82) is 0 Å². The lowest BCUT2D eigenvalue weighted by atomic mass is 10.3. The van der Waals surface area contributed by atoms with Crippen molar-refractivity contribution in [2.24, 2.45) is 7.05 Å². The van der Waals surface area contributed by atoms with Gasteiger partial charge in [0.25, 0.3) is 11.8 Å². The number of nitrogens with one attached hydrogen (secondary N) is 2. The van der Waals surface area contributed by atoms with Gasteiger partial charge in [0, 0.05) is 30.6 Å². The molecule has 0 atom stereocenters. The highest BCUT2D eigenvalue weighted by molar-refractivity contribution is 7.08. The number of nitrogens with zero attached hydrogens (tertiary/aromatic N) is 2. The molecule has 0 bridgehead atoms. The first kappa shape index (κ1) is 17.7. The molecule has 0 aliphatic rings. The van der Waals surface area contributed by atoms with Gasteiger partial charge in [0.15, 0.2) is 6.61 Å². The van der Waals surface area contributed by atoms with Crippen LogP contribution in [0.2, 0.25) is 0 Å². The van der Waals surface area contributed by atoms with Gasteiger partial charge >= 0.3 is 5.97 Å². The predicted molar refractivity (Wildman–Crippen MR) is 88.8 cm³/mol. The number of anilines is 1. The standard InChI is InChI=1S/C15H18N4O4S/c1-10-7-12(19(2)18-10)17-13(20)8-23-14(21)3-5-16-15(22)11-4-6-24-9-11/h4,6-7,9H,3,5,8H2,1-2H3,(H,16,22)(H,17,20). The van der Waals surface area contributed by atoms with E-state index in [-0.39, 0.29) is 25.5 Å². The second-order valence-electron chi connectivity index (χ2n) is 5.02. The minimum atomic E-state index is -0.558. The van der Waals surface area contributed by atoms with Gasteiger partial charge in [-0.25, -0.2) is 0 Å². The first-order valence-electron chi connectivity index (χ1n) is 7.22. The van der Waals surface area contributed by atoms with E-state index in [0.29, 0.717) is 11.4 Å². The molecule has 0 aliphatic heterocycles. The van der Waals surface area contributed by atoms with Crippen LogP contribution < -0.4 is 10.6 Å². The van der Waals surface area contributed by atoms with E-state index in [1.54, 1.807) is 36.9 Å². The van der Waals surface area contributed by atoms with Crippen LogP contribution in [0.3, 0.4) is 0 Å². The smallest absolute Gasteiger partial charge is 0.308 e. The lowest BCUT2D eigenvalue weighted by molar-refractivity contribution is -0.147. The van der Waals surface area contributed by atoms with Crippen LogP contribution >= 0.6 is 11.3 Å². The Balaban J connectivity index is 1.65. The molecule has 2 aromatic heterocycles. The van der Waals surface area contributed by atoms with E-state index >= 15 is 0 Å². The molecule has 2 heterocycles. The summed E-state index contributed by atoms with van der Waals surface area (Å²) in [5, 5.41) is 12.8. The maximum atomic E-state index is 11.7. The largest absolute Gasteiger partial charge is 0.456 e. The van der Waals surface area contributed by atoms with Gasteiger partial charge in [-0.3, -0.25) is 19.1 Å². The van der Waals surface area contributed by atoms with E-state index in [0.717, 1.165) is 5.69 Å². The molecule has 2 amide bonds. The monoisotopic (exact) mass is 350 g/mol. The summed E-state index contributed by atoms with van der Waals surface area (Å²) in [6.45, 7) is 1.57. The van der Waals surface area contributed by atoms with Crippen molar-refractivity contribution in [1.82, 2.24) is 15.1 Å². The van der Waals surface area contributed by atoms with Crippen molar-refractivity contribution in [2.75, 3.05) is 18.5 Å². The SMILES string of the molecule is Cc1cc(NC(=O)COC(=O)CCNC(=O)c2ccsc2)n(C)n1. The zero-order valence-electron chi connectivity index (χ0n) is 13.4. The summed E-state index contributed by atoms with van der Waals surface area (Å²) in [5.41, 5.74) is 1.32. The van der Waals surface area contributed by atoms with Gasteiger partial charge in [-0.05, 0) is 18.4 Å². The van der Waals surface area contributed by atoms with Crippen molar-refractivity contribution in [3.8, 4) is 0 Å². The number of rotatable bonds is 7. The molecule has 2 rings (SSSR count). The molecule has 128 valence electrons. The summed E-state index contributed by atoms with van der Waals surface area (Å²) in [6.07, 6.45) is -0.00598. The van der Waals surface area contributed by atoms with Gasteiger partial charge in [-0.1, -0.05) is 0 Å². The van der Waals surface area contributed by atoms with Crippen LogP contribution in [0.25, 0.3) is 0 Å². The van der Waals surface area contributed by atoms with Gasteiger partial charge in [-0.15, -0.1) is 0 Å². The average Bonchev–Trinajstić information content (AvgIpc) is 3.15. The van der Waals surface area contributed by atoms with Gasteiger partial charge < -0.3 is 15.4 Å². The predicted octanol–water partition coefficient (Wildman–Crippen LogP) is 1.09. The van der Waals surface area contributed by atoms with Crippen LogP contribution in [0.4, 0.5) is 5.82 Å². The van der Waals surface area contributed by atoms with Gasteiger partial charge in [0.2, 0.25) is 0 Å². The molecule has 0 fully saturated rings. The van der Waals surface area contributed by atoms with Crippen molar-refractivity contribution in [2.45, 2.75) is 13.3 Å². The molecule has 8 nitrogen and oxygen atoms in total. The Kier molecular flexibility index (Phi) is 6.07. The minimum absolute atomic E-state index is 0.00598. The van der Waals surface area contributed by atoms with Crippen LogP contribution in [0, 0.1) is 6.92 Å². The number of thiophene rings is 1. The number of ether oxygens (including phenoxy) is 1. The number of carbonyl (C=O) groups excluding carboxylic acids is 3. The normalized spacial score (nSPS) is 10.2. The number of amides is 2. The molecule has 0 aliphatic carbocycles. The van der Waals surface area contributed by atoms with E-state index in [2.05, 4.69) is 15.7 Å². The highest BCUT2D eigenvalue weighted by Gasteiger charge is 2.11. The fourth-order valence-electron chi connectivity index (χ4n) is 1.90.